The minimum absolute atomic E-state index is 0. The zero-order valence-corrected chi connectivity index (χ0v) is 25.1. The second kappa shape index (κ2) is 14.3. The Kier molecular flexibility index (Phi) is 10.6. The first-order chi connectivity index (χ1) is 20.0. The van der Waals surface area contributed by atoms with Crippen molar-refractivity contribution in [3.8, 4) is 22.4 Å². The number of carbonyl (C=O) groups excluding carboxylic acids is 2. The summed E-state index contributed by atoms with van der Waals surface area (Å²) in [5, 5.41) is 5.65. The molecule has 1 aliphatic rings. The van der Waals surface area contributed by atoms with Gasteiger partial charge in [-0.15, -0.1) is 12.4 Å². The summed E-state index contributed by atoms with van der Waals surface area (Å²) >= 11 is 1.20. The Balaban J connectivity index is 0.00000405. The van der Waals surface area contributed by atoms with Crippen LogP contribution in [0.5, 0.6) is 0 Å². The Morgan fingerprint density at radius 3 is 2.55 bits per heavy atom. The summed E-state index contributed by atoms with van der Waals surface area (Å²) in [6.45, 7) is 8.35. The lowest BCUT2D eigenvalue weighted by atomic mass is 10.0. The fourth-order valence-corrected chi connectivity index (χ4v) is 5.72. The molecule has 0 saturated carbocycles. The molecule has 1 fully saturated rings. The molecule has 1 aromatic carbocycles. The van der Waals surface area contributed by atoms with Gasteiger partial charge in [-0.2, -0.15) is 0 Å². The van der Waals surface area contributed by atoms with E-state index in [4.69, 9.17) is 4.74 Å². The van der Waals surface area contributed by atoms with Crippen LogP contribution >= 0.6 is 23.7 Å². The lowest BCUT2D eigenvalue weighted by Gasteiger charge is -2.35. The second-order valence-corrected chi connectivity index (χ2v) is 10.5. The number of hydrogen-bond donors (Lipinski definition) is 2. The molecule has 0 unspecified atom stereocenters. The van der Waals surface area contributed by atoms with E-state index in [0.717, 1.165) is 37.6 Å². The molecule has 0 bridgehead atoms. The fourth-order valence-electron chi connectivity index (χ4n) is 4.75. The fraction of sp³-hybridized carbons (Fsp3) is 0.345. The van der Waals surface area contributed by atoms with Crippen molar-refractivity contribution in [1.29, 1.82) is 0 Å². The van der Waals surface area contributed by atoms with Gasteiger partial charge < -0.3 is 15.0 Å². The molecular weight excluding hydrogens is 581 g/mol. The van der Waals surface area contributed by atoms with E-state index >= 15 is 4.39 Å². The molecule has 4 heterocycles. The first-order valence-corrected chi connectivity index (χ1v) is 14.5. The summed E-state index contributed by atoms with van der Waals surface area (Å²) in [5.74, 6) is 0.160. The Morgan fingerprint density at radius 1 is 1.07 bits per heavy atom. The monoisotopic (exact) mass is 613 g/mol. The Hall–Kier alpha value is -3.87. The number of piperazine rings is 1. The number of nitrogens with zero attached hydrogens (tertiary/aromatic N) is 5. The lowest BCUT2D eigenvalue weighted by Crippen LogP contribution is -2.47. The molecule has 1 aliphatic heterocycles. The zero-order valence-electron chi connectivity index (χ0n) is 23.4. The van der Waals surface area contributed by atoms with Crippen LogP contribution in [0.25, 0.3) is 32.6 Å². The van der Waals surface area contributed by atoms with Gasteiger partial charge in [0.15, 0.2) is 10.9 Å². The van der Waals surface area contributed by atoms with Crippen LogP contribution in [0.1, 0.15) is 20.3 Å². The molecule has 4 aromatic rings. The van der Waals surface area contributed by atoms with E-state index in [9.17, 15) is 9.59 Å². The number of ether oxygens (including phenoxy) is 1. The van der Waals surface area contributed by atoms with Gasteiger partial charge in [-0.1, -0.05) is 17.4 Å². The normalized spacial score (nSPS) is 13.5. The van der Waals surface area contributed by atoms with Crippen molar-refractivity contribution >= 4 is 56.9 Å². The van der Waals surface area contributed by atoms with E-state index in [0.29, 0.717) is 52.8 Å². The first kappa shape index (κ1) is 31.1. The molecule has 0 radical (unpaired) electrons. The Bertz CT molecular complexity index is 1510. The summed E-state index contributed by atoms with van der Waals surface area (Å²) in [5.41, 5.74) is 2.54. The molecule has 3 aromatic heterocycles. The highest BCUT2D eigenvalue weighted by Crippen LogP contribution is 2.40. The van der Waals surface area contributed by atoms with Crippen LogP contribution < -0.4 is 15.5 Å². The maximum atomic E-state index is 15.9. The van der Waals surface area contributed by atoms with Crippen LogP contribution in [0.2, 0.25) is 0 Å². The third-order valence-electron chi connectivity index (χ3n) is 6.80. The predicted molar refractivity (Wildman–Crippen MR) is 166 cm³/mol. The number of amides is 2. The maximum Gasteiger partial charge on any atom is 0.321 e. The third kappa shape index (κ3) is 7.12. The number of thiazole rings is 1. The van der Waals surface area contributed by atoms with Crippen LogP contribution in [0.3, 0.4) is 0 Å². The van der Waals surface area contributed by atoms with E-state index in [1.165, 1.54) is 11.3 Å². The lowest BCUT2D eigenvalue weighted by molar-refractivity contribution is -0.143. The highest BCUT2D eigenvalue weighted by atomic mass is 35.5. The number of hydrogen-bond acceptors (Lipinski definition) is 9. The predicted octanol–water partition coefficient (Wildman–Crippen LogP) is 5.20. The average molecular weight is 614 g/mol. The number of anilines is 2. The smallest absolute Gasteiger partial charge is 0.321 e. The van der Waals surface area contributed by atoms with Gasteiger partial charge in [0.25, 0.3) is 0 Å². The second-order valence-electron chi connectivity index (χ2n) is 9.47. The van der Waals surface area contributed by atoms with Gasteiger partial charge in [0, 0.05) is 68.4 Å². The molecule has 2 amide bonds. The van der Waals surface area contributed by atoms with Gasteiger partial charge in [0.05, 0.1) is 23.4 Å². The number of fused-ring (bicyclic) bond motifs is 1. The van der Waals surface area contributed by atoms with Crippen molar-refractivity contribution in [2.75, 3.05) is 56.1 Å². The molecule has 0 aliphatic carbocycles. The van der Waals surface area contributed by atoms with Crippen molar-refractivity contribution in [3.05, 3.63) is 54.6 Å². The molecule has 0 spiro atoms. The Morgan fingerprint density at radius 2 is 1.88 bits per heavy atom. The zero-order chi connectivity index (χ0) is 28.8. The number of pyridine rings is 2. The molecule has 1 saturated heterocycles. The van der Waals surface area contributed by atoms with Crippen molar-refractivity contribution < 1.29 is 18.7 Å². The largest absolute Gasteiger partial charge is 0.466 e. The highest BCUT2D eigenvalue weighted by molar-refractivity contribution is 7.22. The topological polar surface area (TPSA) is 113 Å². The molecule has 10 nitrogen and oxygen atoms in total. The number of nitrogens with one attached hydrogen (secondary N) is 2. The molecule has 2 N–H and O–H groups in total. The van der Waals surface area contributed by atoms with Crippen LogP contribution in [-0.4, -0.2) is 77.7 Å². The van der Waals surface area contributed by atoms with Crippen LogP contribution in [-0.2, 0) is 9.53 Å². The number of benzene rings is 1. The third-order valence-corrected chi connectivity index (χ3v) is 7.80. The van der Waals surface area contributed by atoms with Crippen molar-refractivity contribution in [2.45, 2.75) is 20.3 Å². The van der Waals surface area contributed by atoms with E-state index in [2.05, 4.69) is 35.4 Å². The van der Waals surface area contributed by atoms with Gasteiger partial charge in [-0.25, -0.2) is 19.2 Å². The molecule has 0 atom stereocenters. The van der Waals surface area contributed by atoms with Gasteiger partial charge in [0.2, 0.25) is 0 Å². The number of urea groups is 1. The summed E-state index contributed by atoms with van der Waals surface area (Å²) in [6, 6.07) is 10.7. The molecule has 222 valence electrons. The van der Waals surface area contributed by atoms with Crippen LogP contribution in [0.15, 0.2) is 48.8 Å². The summed E-state index contributed by atoms with van der Waals surface area (Å²) in [7, 11) is 0. The molecule has 13 heteroatoms. The molecule has 5 rings (SSSR count). The SMILES string of the molecule is CCNC(=O)Nc1nc2c(F)c(-c3ccc(N4CCN(CCC(=O)OCC)CC4)nc3)cc(-c3ccccn3)c2s1.Cl. The van der Waals surface area contributed by atoms with Gasteiger partial charge in [0.1, 0.15) is 11.3 Å². The Labute approximate surface area is 253 Å². The van der Waals surface area contributed by atoms with E-state index in [-0.39, 0.29) is 23.9 Å². The standard InChI is InChI=1S/C29H32FN7O3S.ClH/c1-3-31-28(39)35-29-34-26-25(30)20(17-21(27(26)41-29)22-7-5-6-11-32-22)19-8-9-23(33-18-19)37-15-13-36(14-16-37)12-10-24(38)40-4-2;/h5-9,11,17-18H,3-4,10,12-16H2,1-2H3,(H2,31,34,35,39);1H. The van der Waals surface area contributed by atoms with Gasteiger partial charge in [-0.3, -0.25) is 20.0 Å². The summed E-state index contributed by atoms with van der Waals surface area (Å²) in [4.78, 5) is 41.7. The summed E-state index contributed by atoms with van der Waals surface area (Å²) < 4.78 is 21.6. The average Bonchev–Trinajstić information content (AvgIpc) is 3.41. The number of aromatic nitrogens is 3. The van der Waals surface area contributed by atoms with Gasteiger partial charge >= 0.3 is 12.0 Å². The number of esters is 1. The molecule has 42 heavy (non-hydrogen) atoms. The summed E-state index contributed by atoms with van der Waals surface area (Å²) in [6.07, 6.45) is 3.75. The quantitative estimate of drug-likeness (QED) is 0.248. The van der Waals surface area contributed by atoms with Crippen LogP contribution in [0, 0.1) is 5.82 Å². The highest BCUT2D eigenvalue weighted by Gasteiger charge is 2.22. The number of halogens is 2. The van der Waals surface area contributed by atoms with Crippen LogP contribution in [0.4, 0.5) is 20.1 Å². The number of rotatable bonds is 9. The molecular formula is C29H33ClFN7O3S. The first-order valence-electron chi connectivity index (χ1n) is 13.7. The van der Waals surface area contributed by atoms with E-state index < -0.39 is 11.8 Å². The van der Waals surface area contributed by atoms with E-state index in [1.54, 1.807) is 18.5 Å². The van der Waals surface area contributed by atoms with Crippen molar-refractivity contribution in [2.24, 2.45) is 0 Å². The van der Waals surface area contributed by atoms with Crippen molar-refractivity contribution in [1.82, 2.24) is 25.2 Å². The van der Waals surface area contributed by atoms with Crippen molar-refractivity contribution in [3.63, 3.8) is 0 Å². The number of carbonyl (C=O) groups is 2. The maximum absolute atomic E-state index is 15.9. The minimum Gasteiger partial charge on any atom is -0.466 e. The van der Waals surface area contributed by atoms with Gasteiger partial charge in [-0.05, 0) is 44.2 Å². The van der Waals surface area contributed by atoms with E-state index in [1.807, 2.05) is 44.2 Å². The minimum atomic E-state index is -0.482.